The Hall–Kier alpha value is -3.22. The first-order chi connectivity index (χ1) is 16.9. The van der Waals surface area contributed by atoms with E-state index in [4.69, 9.17) is 9.47 Å². The summed E-state index contributed by atoms with van der Waals surface area (Å²) >= 11 is 0. The van der Waals surface area contributed by atoms with E-state index in [-0.39, 0.29) is 11.1 Å². The predicted octanol–water partition coefficient (Wildman–Crippen LogP) is 2.27. The number of methoxy groups -OCH3 is 1. The Bertz CT molecular complexity index is 1320. The van der Waals surface area contributed by atoms with Gasteiger partial charge in [-0.25, -0.2) is 18.5 Å². The Balaban J connectivity index is 1.43. The summed E-state index contributed by atoms with van der Waals surface area (Å²) in [6.07, 6.45) is 3.95. The van der Waals surface area contributed by atoms with Crippen molar-refractivity contribution in [1.82, 2.24) is 29.4 Å². The molecule has 2 aliphatic rings. The third-order valence-corrected chi connectivity index (χ3v) is 8.29. The smallest absolute Gasteiger partial charge is 0.278 e. The van der Waals surface area contributed by atoms with Crippen LogP contribution in [-0.2, 0) is 16.4 Å². The van der Waals surface area contributed by atoms with E-state index in [0.717, 1.165) is 41.0 Å². The number of piperidine rings is 1. The fraction of sp³-hybridized carbons (Fsp3) is 0.435. The minimum Gasteiger partial charge on any atom is -0.493 e. The van der Waals surface area contributed by atoms with E-state index in [1.165, 1.54) is 4.31 Å². The lowest BCUT2D eigenvalue weighted by molar-refractivity contribution is 0.196. The third kappa shape index (κ3) is 4.56. The average Bonchev–Trinajstić information content (AvgIpc) is 3.54. The van der Waals surface area contributed by atoms with Crippen molar-refractivity contribution in [3.05, 3.63) is 36.0 Å². The number of ether oxygens (including phenoxy) is 2. The number of nitrogens with zero attached hydrogens (tertiary/aromatic N) is 5. The summed E-state index contributed by atoms with van der Waals surface area (Å²) in [5.41, 5.74) is 3.53. The van der Waals surface area contributed by atoms with Gasteiger partial charge < -0.3 is 19.7 Å². The second-order valence-electron chi connectivity index (χ2n) is 8.84. The van der Waals surface area contributed by atoms with Gasteiger partial charge >= 0.3 is 0 Å². The lowest BCUT2D eigenvalue weighted by Gasteiger charge is -2.33. The summed E-state index contributed by atoms with van der Waals surface area (Å²) in [6, 6.07) is 7.98. The Morgan fingerprint density at radius 1 is 1.23 bits per heavy atom. The Kier molecular flexibility index (Phi) is 6.34. The fourth-order valence-electron chi connectivity index (χ4n) is 4.60. The number of rotatable bonds is 7. The highest BCUT2D eigenvalue weighted by Crippen LogP contribution is 2.41. The normalized spacial score (nSPS) is 16.8. The van der Waals surface area contributed by atoms with Crippen LogP contribution in [0.4, 0.5) is 11.6 Å². The van der Waals surface area contributed by atoms with Crippen molar-refractivity contribution in [2.45, 2.75) is 30.5 Å². The van der Waals surface area contributed by atoms with Crippen molar-refractivity contribution in [2.75, 3.05) is 46.2 Å². The fourth-order valence-corrected chi connectivity index (χ4v) is 5.90. The van der Waals surface area contributed by atoms with Crippen LogP contribution in [0.1, 0.15) is 18.4 Å². The summed E-state index contributed by atoms with van der Waals surface area (Å²) in [5, 5.41) is 9.86. The highest BCUT2D eigenvalue weighted by molar-refractivity contribution is 7.88. The van der Waals surface area contributed by atoms with E-state index in [9.17, 15) is 8.42 Å². The number of pyridine rings is 1. The number of aromatic amines is 1. The van der Waals surface area contributed by atoms with Gasteiger partial charge in [0.05, 0.1) is 19.4 Å². The molecule has 1 saturated heterocycles. The first kappa shape index (κ1) is 23.5. The molecule has 0 bridgehead atoms. The van der Waals surface area contributed by atoms with E-state index in [2.05, 4.69) is 30.4 Å². The number of sulfonamides is 1. The van der Waals surface area contributed by atoms with Crippen LogP contribution >= 0.6 is 0 Å². The van der Waals surface area contributed by atoms with Gasteiger partial charge in [0.2, 0.25) is 11.8 Å². The Labute approximate surface area is 204 Å². The Morgan fingerprint density at radius 2 is 2.03 bits per heavy atom. The second kappa shape index (κ2) is 9.44. The van der Waals surface area contributed by atoms with Crippen LogP contribution in [0.3, 0.4) is 0 Å². The van der Waals surface area contributed by atoms with Crippen LogP contribution in [0.2, 0.25) is 0 Å². The van der Waals surface area contributed by atoms with Crippen molar-refractivity contribution in [3.63, 3.8) is 0 Å². The van der Waals surface area contributed by atoms with Crippen LogP contribution in [0.15, 0.2) is 35.6 Å². The van der Waals surface area contributed by atoms with Gasteiger partial charge in [-0.3, -0.25) is 0 Å². The molecule has 0 radical (unpaired) electrons. The molecule has 0 saturated carbocycles. The van der Waals surface area contributed by atoms with Crippen molar-refractivity contribution in [1.29, 1.82) is 0 Å². The van der Waals surface area contributed by atoms with Crippen LogP contribution < -0.4 is 14.8 Å². The molecule has 2 aromatic heterocycles. The molecule has 0 spiro atoms. The van der Waals surface area contributed by atoms with E-state index in [1.54, 1.807) is 13.3 Å². The van der Waals surface area contributed by atoms with Gasteiger partial charge in [-0.15, -0.1) is 5.10 Å². The third-order valence-electron chi connectivity index (χ3n) is 6.57. The number of nitrogens with one attached hydrogen (secondary N) is 2. The number of hydrogen-bond donors (Lipinski definition) is 2. The van der Waals surface area contributed by atoms with E-state index in [1.807, 2.05) is 38.4 Å². The monoisotopic (exact) mass is 499 g/mol. The van der Waals surface area contributed by atoms with E-state index >= 15 is 0 Å². The maximum Gasteiger partial charge on any atom is 0.278 e. The zero-order chi connectivity index (χ0) is 24.6. The summed E-state index contributed by atoms with van der Waals surface area (Å²) < 4.78 is 38.9. The molecule has 11 nitrogen and oxygen atoms in total. The number of hydrogen-bond acceptors (Lipinski definition) is 9. The van der Waals surface area contributed by atoms with Gasteiger partial charge in [-0.05, 0) is 50.7 Å². The van der Waals surface area contributed by atoms with Gasteiger partial charge in [0.1, 0.15) is 5.75 Å². The molecule has 0 aliphatic carbocycles. The molecular weight excluding hydrogens is 470 g/mol. The molecule has 12 heteroatoms. The summed E-state index contributed by atoms with van der Waals surface area (Å²) in [6.45, 7) is 1.47. The van der Waals surface area contributed by atoms with Crippen LogP contribution in [0.5, 0.6) is 11.6 Å². The molecule has 0 unspecified atom stereocenters. The van der Waals surface area contributed by atoms with Crippen molar-refractivity contribution in [2.24, 2.45) is 0 Å². The lowest BCUT2D eigenvalue weighted by atomic mass is 9.99. The predicted molar refractivity (Wildman–Crippen MR) is 131 cm³/mol. The van der Waals surface area contributed by atoms with Gasteiger partial charge in [-0.1, -0.05) is 0 Å². The maximum absolute atomic E-state index is 13.2. The van der Waals surface area contributed by atoms with Crippen molar-refractivity contribution >= 4 is 21.7 Å². The highest BCUT2D eigenvalue weighted by Gasteiger charge is 2.33. The number of H-pyrrole nitrogens is 1. The van der Waals surface area contributed by atoms with Crippen LogP contribution in [0, 0.1) is 0 Å². The Morgan fingerprint density at radius 3 is 2.77 bits per heavy atom. The molecule has 0 amide bonds. The molecule has 186 valence electrons. The van der Waals surface area contributed by atoms with Crippen LogP contribution in [0.25, 0.3) is 11.1 Å². The SMILES string of the molecule is COc1cc(-c2ccc3c(c2Nc2n[nH]c(S(=O)(=O)N4CCC(N(C)C)CC4)n2)CCO3)ccn1. The van der Waals surface area contributed by atoms with Gasteiger partial charge in [0.25, 0.3) is 15.2 Å². The summed E-state index contributed by atoms with van der Waals surface area (Å²) in [7, 11) is 1.84. The average molecular weight is 500 g/mol. The molecule has 1 aromatic carbocycles. The van der Waals surface area contributed by atoms with E-state index < -0.39 is 10.0 Å². The zero-order valence-corrected chi connectivity index (χ0v) is 20.8. The molecule has 0 atom stereocenters. The molecule has 4 heterocycles. The molecule has 1 fully saturated rings. The number of fused-ring (bicyclic) bond motifs is 1. The lowest BCUT2D eigenvalue weighted by Crippen LogP contribution is -2.44. The maximum atomic E-state index is 13.2. The minimum atomic E-state index is -3.77. The minimum absolute atomic E-state index is 0.167. The zero-order valence-electron chi connectivity index (χ0n) is 20.0. The quantitative estimate of drug-likeness (QED) is 0.503. The molecule has 5 rings (SSSR count). The first-order valence-corrected chi connectivity index (χ1v) is 13.0. The number of benzene rings is 1. The van der Waals surface area contributed by atoms with E-state index in [0.29, 0.717) is 38.0 Å². The topological polar surface area (TPSA) is 126 Å². The molecule has 3 aromatic rings. The second-order valence-corrected chi connectivity index (χ2v) is 10.7. The van der Waals surface area contributed by atoms with Gasteiger partial charge in [-0.2, -0.15) is 9.29 Å². The molecule has 35 heavy (non-hydrogen) atoms. The van der Waals surface area contributed by atoms with Crippen molar-refractivity contribution < 1.29 is 17.9 Å². The largest absolute Gasteiger partial charge is 0.493 e. The number of anilines is 2. The molecule has 2 N–H and O–H groups in total. The molecule has 2 aliphatic heterocycles. The molecular formula is C23H29N7O4S. The van der Waals surface area contributed by atoms with Crippen molar-refractivity contribution in [3.8, 4) is 22.8 Å². The van der Waals surface area contributed by atoms with Crippen LogP contribution in [-0.4, -0.2) is 84.7 Å². The standard InChI is InChI=1S/C23H29N7O4S/c1-29(2)16-7-11-30(12-8-16)35(31,32)23-26-22(27-28-23)25-21-17(4-5-19-18(21)9-13-34-19)15-6-10-24-20(14-15)33-3/h4-6,10,14,16H,7-9,11-13H2,1-3H3,(H2,25,26,27,28). The van der Waals surface area contributed by atoms with Gasteiger partial charge in [0, 0.05) is 48.9 Å². The summed E-state index contributed by atoms with van der Waals surface area (Å²) in [4.78, 5) is 10.6. The highest BCUT2D eigenvalue weighted by atomic mass is 32.2. The number of aromatic nitrogens is 4. The first-order valence-electron chi connectivity index (χ1n) is 11.5. The summed E-state index contributed by atoms with van der Waals surface area (Å²) in [5.74, 6) is 1.45. The van der Waals surface area contributed by atoms with Gasteiger partial charge in [0.15, 0.2) is 0 Å².